The second-order valence-electron chi connectivity index (χ2n) is 4.51. The highest BCUT2D eigenvalue weighted by Gasteiger charge is 2.25. The molecule has 2 aromatic carbocycles. The smallest absolute Gasteiger partial charge is 0.249 e. The lowest BCUT2D eigenvalue weighted by Gasteiger charge is -2.19. The van der Waals surface area contributed by atoms with Crippen LogP contribution < -0.4 is 11.3 Å². The average Bonchev–Trinajstić information content (AvgIpc) is 2.51. The number of fused-ring (bicyclic) bond motifs is 1. The SMILES string of the molecule is CCN(CC(=O)NN)S(=O)(=O)c1ccc2ccccc2c1. The normalized spacial score (nSPS) is 11.8. The molecule has 0 bridgehead atoms. The third kappa shape index (κ3) is 3.21. The number of likely N-dealkylation sites (N-methyl/N-ethyl adjacent to an activating group) is 1. The molecule has 0 unspecified atom stereocenters. The molecule has 112 valence electrons. The van der Waals surface area contributed by atoms with Crippen molar-refractivity contribution in [1.82, 2.24) is 9.73 Å². The fourth-order valence-corrected chi connectivity index (χ4v) is 3.49. The summed E-state index contributed by atoms with van der Waals surface area (Å²) in [4.78, 5) is 11.5. The predicted octanol–water partition coefficient (Wildman–Crippen LogP) is 0.840. The number of nitrogens with two attached hydrogens (primary N) is 1. The van der Waals surface area contributed by atoms with Crippen LogP contribution in [-0.4, -0.2) is 31.7 Å². The topological polar surface area (TPSA) is 92.5 Å². The Labute approximate surface area is 123 Å². The molecule has 0 aliphatic carbocycles. The molecule has 0 atom stereocenters. The Kier molecular flexibility index (Phi) is 4.56. The molecule has 0 aliphatic heterocycles. The van der Waals surface area contributed by atoms with Crippen LogP contribution >= 0.6 is 0 Å². The van der Waals surface area contributed by atoms with Gasteiger partial charge in [0, 0.05) is 6.54 Å². The lowest BCUT2D eigenvalue weighted by molar-refractivity contribution is -0.121. The van der Waals surface area contributed by atoms with Crippen LogP contribution in [0.1, 0.15) is 6.92 Å². The van der Waals surface area contributed by atoms with Crippen LogP contribution in [0.25, 0.3) is 10.8 Å². The van der Waals surface area contributed by atoms with Crippen LogP contribution in [0.15, 0.2) is 47.4 Å². The van der Waals surface area contributed by atoms with Crippen molar-refractivity contribution >= 4 is 26.7 Å². The molecule has 0 spiro atoms. The number of sulfonamides is 1. The van der Waals surface area contributed by atoms with Crippen molar-refractivity contribution in [2.45, 2.75) is 11.8 Å². The summed E-state index contributed by atoms with van der Waals surface area (Å²) < 4.78 is 26.2. The number of hydrazine groups is 1. The molecule has 0 aliphatic rings. The zero-order chi connectivity index (χ0) is 15.5. The summed E-state index contributed by atoms with van der Waals surface area (Å²) in [5, 5.41) is 1.79. The highest BCUT2D eigenvalue weighted by Crippen LogP contribution is 2.21. The molecule has 2 rings (SSSR count). The van der Waals surface area contributed by atoms with Crippen molar-refractivity contribution in [2.24, 2.45) is 5.84 Å². The number of hydrogen-bond donors (Lipinski definition) is 2. The lowest BCUT2D eigenvalue weighted by atomic mass is 10.1. The van der Waals surface area contributed by atoms with E-state index in [-0.39, 0.29) is 18.0 Å². The first-order chi connectivity index (χ1) is 9.98. The van der Waals surface area contributed by atoms with Gasteiger partial charge in [0.25, 0.3) is 0 Å². The van der Waals surface area contributed by atoms with Gasteiger partial charge in [-0.1, -0.05) is 37.3 Å². The first-order valence-corrected chi connectivity index (χ1v) is 7.91. The standard InChI is InChI=1S/C14H17N3O3S/c1-2-17(10-14(18)16-15)21(19,20)13-8-7-11-5-3-4-6-12(11)9-13/h3-9H,2,10,15H2,1H3,(H,16,18). The monoisotopic (exact) mass is 307 g/mol. The molecule has 0 saturated heterocycles. The summed E-state index contributed by atoms with van der Waals surface area (Å²) in [5.74, 6) is 4.46. The minimum absolute atomic E-state index is 0.160. The molecule has 6 nitrogen and oxygen atoms in total. The van der Waals surface area contributed by atoms with Gasteiger partial charge in [-0.2, -0.15) is 4.31 Å². The van der Waals surface area contributed by atoms with E-state index in [1.54, 1.807) is 25.1 Å². The van der Waals surface area contributed by atoms with Gasteiger partial charge in [-0.05, 0) is 22.9 Å². The van der Waals surface area contributed by atoms with E-state index in [1.165, 1.54) is 0 Å². The molecule has 1 amide bonds. The lowest BCUT2D eigenvalue weighted by Crippen LogP contribution is -2.42. The van der Waals surface area contributed by atoms with Crippen LogP contribution in [0.2, 0.25) is 0 Å². The largest absolute Gasteiger partial charge is 0.293 e. The molecule has 0 heterocycles. The summed E-state index contributed by atoms with van der Waals surface area (Å²) >= 11 is 0. The van der Waals surface area contributed by atoms with Crippen molar-refractivity contribution in [1.29, 1.82) is 0 Å². The Morgan fingerprint density at radius 1 is 1.19 bits per heavy atom. The second kappa shape index (κ2) is 6.21. The molecular formula is C14H17N3O3S. The third-order valence-corrected chi connectivity index (χ3v) is 5.11. The molecule has 3 N–H and O–H groups in total. The summed E-state index contributed by atoms with van der Waals surface area (Å²) in [6, 6.07) is 12.4. The number of rotatable bonds is 5. The summed E-state index contributed by atoms with van der Waals surface area (Å²) in [7, 11) is -3.73. The van der Waals surface area contributed by atoms with Crippen molar-refractivity contribution < 1.29 is 13.2 Å². The van der Waals surface area contributed by atoms with Gasteiger partial charge in [0.05, 0.1) is 11.4 Å². The molecule has 2 aromatic rings. The van der Waals surface area contributed by atoms with E-state index in [0.29, 0.717) is 0 Å². The highest BCUT2D eigenvalue weighted by atomic mass is 32.2. The Bertz CT molecular complexity index is 759. The Hall–Kier alpha value is -1.96. The fourth-order valence-electron chi connectivity index (χ4n) is 2.05. The predicted molar refractivity (Wildman–Crippen MR) is 80.7 cm³/mol. The number of amides is 1. The minimum Gasteiger partial charge on any atom is -0.293 e. The maximum absolute atomic E-state index is 12.6. The van der Waals surface area contributed by atoms with E-state index >= 15 is 0 Å². The Morgan fingerprint density at radius 2 is 1.86 bits per heavy atom. The van der Waals surface area contributed by atoms with Crippen molar-refractivity contribution in [3.63, 3.8) is 0 Å². The number of carbonyl (C=O) groups excluding carboxylic acids is 1. The van der Waals surface area contributed by atoms with Crippen LogP contribution in [0.4, 0.5) is 0 Å². The third-order valence-electron chi connectivity index (χ3n) is 3.19. The van der Waals surface area contributed by atoms with Gasteiger partial charge in [0.1, 0.15) is 0 Å². The number of carbonyl (C=O) groups is 1. The number of hydrogen-bond acceptors (Lipinski definition) is 4. The minimum atomic E-state index is -3.73. The van der Waals surface area contributed by atoms with Gasteiger partial charge in [0.15, 0.2) is 0 Å². The number of nitrogens with zero attached hydrogens (tertiary/aromatic N) is 1. The quantitative estimate of drug-likeness (QED) is 0.486. The molecule has 0 saturated carbocycles. The summed E-state index contributed by atoms with van der Waals surface area (Å²) in [6.07, 6.45) is 0. The van der Waals surface area contributed by atoms with Crippen LogP contribution in [0, 0.1) is 0 Å². The summed E-state index contributed by atoms with van der Waals surface area (Å²) in [5.41, 5.74) is 1.94. The first-order valence-electron chi connectivity index (χ1n) is 6.47. The molecule has 21 heavy (non-hydrogen) atoms. The average molecular weight is 307 g/mol. The van der Waals surface area contributed by atoms with Crippen LogP contribution in [0.3, 0.4) is 0 Å². The first kappa shape index (κ1) is 15.4. The Morgan fingerprint density at radius 3 is 2.48 bits per heavy atom. The van der Waals surface area contributed by atoms with Crippen molar-refractivity contribution in [2.75, 3.05) is 13.1 Å². The fraction of sp³-hybridized carbons (Fsp3) is 0.214. The van der Waals surface area contributed by atoms with Crippen molar-refractivity contribution in [3.05, 3.63) is 42.5 Å². The maximum Gasteiger partial charge on any atom is 0.249 e. The van der Waals surface area contributed by atoms with Crippen LogP contribution in [0.5, 0.6) is 0 Å². The van der Waals surface area contributed by atoms with E-state index in [9.17, 15) is 13.2 Å². The molecule has 0 fully saturated rings. The highest BCUT2D eigenvalue weighted by molar-refractivity contribution is 7.89. The van der Waals surface area contributed by atoms with Crippen molar-refractivity contribution in [3.8, 4) is 0 Å². The zero-order valence-electron chi connectivity index (χ0n) is 11.6. The van der Waals surface area contributed by atoms with Gasteiger partial charge in [0.2, 0.25) is 15.9 Å². The van der Waals surface area contributed by atoms with E-state index < -0.39 is 15.9 Å². The van der Waals surface area contributed by atoms with E-state index in [2.05, 4.69) is 0 Å². The van der Waals surface area contributed by atoms with E-state index in [0.717, 1.165) is 15.1 Å². The Balaban J connectivity index is 2.42. The van der Waals surface area contributed by atoms with Crippen LogP contribution in [-0.2, 0) is 14.8 Å². The number of benzene rings is 2. The molecule has 7 heteroatoms. The molecule has 0 radical (unpaired) electrons. The number of nitrogens with one attached hydrogen (secondary N) is 1. The van der Waals surface area contributed by atoms with Gasteiger partial charge in [-0.3, -0.25) is 10.2 Å². The van der Waals surface area contributed by atoms with Gasteiger partial charge in [-0.25, -0.2) is 14.3 Å². The van der Waals surface area contributed by atoms with Gasteiger partial charge >= 0.3 is 0 Å². The molecule has 0 aromatic heterocycles. The molecular weight excluding hydrogens is 290 g/mol. The summed E-state index contributed by atoms with van der Waals surface area (Å²) in [6.45, 7) is 1.55. The van der Waals surface area contributed by atoms with Gasteiger partial charge < -0.3 is 0 Å². The second-order valence-corrected chi connectivity index (χ2v) is 6.45. The zero-order valence-corrected chi connectivity index (χ0v) is 12.4. The van der Waals surface area contributed by atoms with E-state index in [1.807, 2.05) is 29.7 Å². The van der Waals surface area contributed by atoms with Gasteiger partial charge in [-0.15, -0.1) is 0 Å². The van der Waals surface area contributed by atoms with E-state index in [4.69, 9.17) is 5.84 Å². The maximum atomic E-state index is 12.6.